The Hall–Kier alpha value is -0.530. The lowest BCUT2D eigenvalue weighted by Gasteiger charge is -2.22. The van der Waals surface area contributed by atoms with Crippen LogP contribution in [0.1, 0.15) is 32.6 Å². The molecular formula is C10H16O2. The molecule has 3 unspecified atom stereocenters. The molecule has 1 saturated carbocycles. The molecule has 0 spiro atoms. The minimum atomic E-state index is 0.0206. The minimum Gasteiger partial charge on any atom is -0.465 e. The van der Waals surface area contributed by atoms with Crippen LogP contribution in [0.5, 0.6) is 0 Å². The number of rotatable bonds is 0. The van der Waals surface area contributed by atoms with Crippen molar-refractivity contribution < 1.29 is 9.53 Å². The molecule has 1 saturated heterocycles. The Morgan fingerprint density at radius 1 is 1.42 bits per heavy atom. The maximum Gasteiger partial charge on any atom is 0.306 e. The van der Waals surface area contributed by atoms with E-state index >= 15 is 0 Å². The quantitative estimate of drug-likeness (QED) is 0.517. The van der Waals surface area contributed by atoms with Gasteiger partial charge in [0.15, 0.2) is 0 Å². The van der Waals surface area contributed by atoms with Crippen LogP contribution in [-0.2, 0) is 9.53 Å². The number of fused-ring (bicyclic) bond motifs is 2. The van der Waals surface area contributed by atoms with Crippen LogP contribution in [0.15, 0.2) is 0 Å². The Morgan fingerprint density at radius 3 is 3.08 bits per heavy atom. The van der Waals surface area contributed by atoms with Crippen LogP contribution >= 0.6 is 0 Å². The van der Waals surface area contributed by atoms with Gasteiger partial charge in [-0.2, -0.15) is 0 Å². The zero-order chi connectivity index (χ0) is 8.55. The maximum atomic E-state index is 11.1. The Morgan fingerprint density at radius 2 is 2.25 bits per heavy atom. The number of carbonyl (C=O) groups excluding carboxylic acids is 1. The molecule has 68 valence electrons. The van der Waals surface area contributed by atoms with Gasteiger partial charge < -0.3 is 4.74 Å². The van der Waals surface area contributed by atoms with Gasteiger partial charge >= 0.3 is 5.97 Å². The fraction of sp³-hybridized carbons (Fsp3) is 0.900. The first kappa shape index (κ1) is 8.09. The third-order valence-electron chi connectivity index (χ3n) is 3.35. The molecule has 1 heterocycles. The second-order valence-corrected chi connectivity index (χ2v) is 4.30. The minimum absolute atomic E-state index is 0.0206. The SMILES string of the molecule is CC1COC(=O)CC2CCC1C2. The fourth-order valence-electron chi connectivity index (χ4n) is 2.47. The van der Waals surface area contributed by atoms with Gasteiger partial charge in [0.05, 0.1) is 6.61 Å². The van der Waals surface area contributed by atoms with Crippen LogP contribution in [-0.4, -0.2) is 12.6 Å². The second-order valence-electron chi connectivity index (χ2n) is 4.30. The molecule has 2 rings (SSSR count). The molecule has 0 aromatic heterocycles. The summed E-state index contributed by atoms with van der Waals surface area (Å²) in [4.78, 5) is 11.1. The van der Waals surface area contributed by atoms with E-state index in [1.165, 1.54) is 19.3 Å². The van der Waals surface area contributed by atoms with Gasteiger partial charge in [-0.15, -0.1) is 0 Å². The molecule has 3 atom stereocenters. The summed E-state index contributed by atoms with van der Waals surface area (Å²) in [5, 5.41) is 0. The molecule has 0 radical (unpaired) electrons. The van der Waals surface area contributed by atoms with Gasteiger partial charge in [0, 0.05) is 6.42 Å². The lowest BCUT2D eigenvalue weighted by Crippen LogP contribution is -2.21. The molecule has 0 amide bonds. The van der Waals surface area contributed by atoms with Crippen LogP contribution in [0.25, 0.3) is 0 Å². The summed E-state index contributed by atoms with van der Waals surface area (Å²) >= 11 is 0. The number of carbonyl (C=O) groups is 1. The molecule has 1 aliphatic carbocycles. The summed E-state index contributed by atoms with van der Waals surface area (Å²) in [6.45, 7) is 2.85. The Labute approximate surface area is 73.3 Å². The summed E-state index contributed by atoms with van der Waals surface area (Å²) in [5.74, 6) is 2.06. The van der Waals surface area contributed by atoms with Crippen molar-refractivity contribution in [3.05, 3.63) is 0 Å². The zero-order valence-electron chi connectivity index (χ0n) is 7.58. The van der Waals surface area contributed by atoms with E-state index in [1.807, 2.05) is 0 Å². The van der Waals surface area contributed by atoms with E-state index in [9.17, 15) is 4.79 Å². The summed E-state index contributed by atoms with van der Waals surface area (Å²) in [7, 11) is 0. The lowest BCUT2D eigenvalue weighted by atomic mass is 9.91. The first-order valence-corrected chi connectivity index (χ1v) is 4.91. The van der Waals surface area contributed by atoms with Gasteiger partial charge in [0.1, 0.15) is 0 Å². The second kappa shape index (κ2) is 3.08. The topological polar surface area (TPSA) is 26.3 Å². The number of ether oxygens (including phenoxy) is 1. The summed E-state index contributed by atoms with van der Waals surface area (Å²) in [5.41, 5.74) is 0. The lowest BCUT2D eigenvalue weighted by molar-refractivity contribution is -0.147. The first-order valence-electron chi connectivity index (χ1n) is 4.91. The monoisotopic (exact) mass is 168 g/mol. The number of hydrogen-bond donors (Lipinski definition) is 0. The normalized spacial score (nSPS) is 41.8. The van der Waals surface area contributed by atoms with Crippen molar-refractivity contribution in [2.24, 2.45) is 17.8 Å². The van der Waals surface area contributed by atoms with Crippen LogP contribution < -0.4 is 0 Å². The highest BCUT2D eigenvalue weighted by atomic mass is 16.5. The van der Waals surface area contributed by atoms with Crippen LogP contribution in [0.2, 0.25) is 0 Å². The Bertz CT molecular complexity index is 188. The molecule has 2 aliphatic rings. The average molecular weight is 168 g/mol. The highest BCUT2D eigenvalue weighted by molar-refractivity contribution is 5.69. The number of cyclic esters (lactones) is 1. The predicted octanol–water partition coefficient (Wildman–Crippen LogP) is 1.99. The Balaban J connectivity index is 2.05. The molecule has 2 heteroatoms. The molecule has 12 heavy (non-hydrogen) atoms. The van der Waals surface area contributed by atoms with Crippen molar-refractivity contribution in [1.82, 2.24) is 0 Å². The predicted molar refractivity (Wildman–Crippen MR) is 45.6 cm³/mol. The number of hydrogen-bond acceptors (Lipinski definition) is 2. The molecular weight excluding hydrogens is 152 g/mol. The molecule has 0 aromatic carbocycles. The highest BCUT2D eigenvalue weighted by Gasteiger charge is 2.32. The van der Waals surface area contributed by atoms with Crippen LogP contribution in [0.3, 0.4) is 0 Å². The van der Waals surface area contributed by atoms with E-state index in [-0.39, 0.29) is 5.97 Å². The van der Waals surface area contributed by atoms with E-state index in [1.54, 1.807) is 0 Å². The van der Waals surface area contributed by atoms with Gasteiger partial charge in [-0.25, -0.2) is 0 Å². The van der Waals surface area contributed by atoms with E-state index < -0.39 is 0 Å². The third-order valence-corrected chi connectivity index (χ3v) is 3.35. The van der Waals surface area contributed by atoms with Crippen LogP contribution in [0.4, 0.5) is 0 Å². The summed E-state index contributed by atoms with van der Waals surface area (Å²) < 4.78 is 5.14. The Kier molecular flexibility index (Phi) is 2.07. The molecule has 0 N–H and O–H groups in total. The van der Waals surface area contributed by atoms with E-state index in [2.05, 4.69) is 6.92 Å². The molecule has 2 bridgehead atoms. The van der Waals surface area contributed by atoms with Crippen LogP contribution in [0, 0.1) is 17.8 Å². The van der Waals surface area contributed by atoms with E-state index in [0.717, 1.165) is 5.92 Å². The van der Waals surface area contributed by atoms with Gasteiger partial charge in [0.25, 0.3) is 0 Å². The van der Waals surface area contributed by atoms with Gasteiger partial charge in [0.2, 0.25) is 0 Å². The zero-order valence-corrected chi connectivity index (χ0v) is 7.58. The molecule has 0 aromatic rings. The van der Waals surface area contributed by atoms with Gasteiger partial charge in [-0.05, 0) is 37.0 Å². The van der Waals surface area contributed by atoms with Crippen molar-refractivity contribution >= 4 is 5.97 Å². The maximum absolute atomic E-state index is 11.1. The van der Waals surface area contributed by atoms with Gasteiger partial charge in [-0.3, -0.25) is 4.79 Å². The van der Waals surface area contributed by atoms with Gasteiger partial charge in [-0.1, -0.05) is 6.92 Å². The van der Waals surface area contributed by atoms with Crippen molar-refractivity contribution in [2.45, 2.75) is 32.6 Å². The van der Waals surface area contributed by atoms with Crippen molar-refractivity contribution in [1.29, 1.82) is 0 Å². The van der Waals surface area contributed by atoms with Crippen molar-refractivity contribution in [3.8, 4) is 0 Å². The summed E-state index contributed by atoms with van der Waals surface area (Å²) in [6.07, 6.45) is 4.48. The molecule has 2 nitrogen and oxygen atoms in total. The summed E-state index contributed by atoms with van der Waals surface area (Å²) in [6, 6.07) is 0. The largest absolute Gasteiger partial charge is 0.465 e. The third kappa shape index (κ3) is 1.47. The van der Waals surface area contributed by atoms with E-state index in [4.69, 9.17) is 4.74 Å². The van der Waals surface area contributed by atoms with Crippen molar-refractivity contribution in [3.63, 3.8) is 0 Å². The van der Waals surface area contributed by atoms with E-state index in [0.29, 0.717) is 24.9 Å². The first-order chi connectivity index (χ1) is 5.75. The molecule has 1 aliphatic heterocycles. The molecule has 2 fully saturated rings. The van der Waals surface area contributed by atoms with Crippen molar-refractivity contribution in [2.75, 3.05) is 6.61 Å². The number of esters is 1. The average Bonchev–Trinajstić information content (AvgIpc) is 2.47. The highest BCUT2D eigenvalue weighted by Crippen LogP contribution is 2.39. The fourth-order valence-corrected chi connectivity index (χ4v) is 2.47. The smallest absolute Gasteiger partial charge is 0.306 e. The standard InChI is InChI=1S/C10H16O2/c1-7-6-12-10(11)5-8-2-3-9(7)4-8/h7-9H,2-6H2,1H3.